The fourth-order valence-corrected chi connectivity index (χ4v) is 0.875. The zero-order chi connectivity index (χ0) is 6.69. The van der Waals surface area contributed by atoms with E-state index in [1.54, 1.807) is 0 Å². The van der Waals surface area contributed by atoms with Crippen LogP contribution in [0.5, 0.6) is 5.88 Å². The average Bonchev–Trinajstić information content (AvgIpc) is 2.15. The molecule has 0 fully saturated rings. The molecule has 9 heavy (non-hydrogen) atoms. The van der Waals surface area contributed by atoms with Crippen LogP contribution in [0.1, 0.15) is 13.8 Å². The maximum absolute atomic E-state index is 5.22. The molecule has 0 amide bonds. The van der Waals surface area contributed by atoms with E-state index in [1.807, 2.05) is 19.2 Å². The Hall–Kier alpha value is -0.570. The molecule has 2 nitrogen and oxygen atoms in total. The van der Waals surface area contributed by atoms with Gasteiger partial charge in [0.05, 0.1) is 11.5 Å². The highest BCUT2D eigenvalue weighted by molar-refractivity contribution is 7.07. The zero-order valence-electron chi connectivity index (χ0n) is 5.42. The number of ether oxygens (including phenoxy) is 1. The number of hydrogen-bond acceptors (Lipinski definition) is 3. The molecule has 0 spiro atoms. The minimum atomic E-state index is 0.209. The van der Waals surface area contributed by atoms with Crippen LogP contribution in [-0.2, 0) is 0 Å². The molecule has 1 aromatic rings. The number of thiazole rings is 1. The van der Waals surface area contributed by atoms with Gasteiger partial charge in [-0.2, -0.15) is 4.98 Å². The van der Waals surface area contributed by atoms with Gasteiger partial charge in [0.1, 0.15) is 0 Å². The molecule has 0 atom stereocenters. The second-order valence-corrected chi connectivity index (χ2v) is 2.60. The molecular weight excluding hydrogens is 134 g/mol. The fraction of sp³-hybridized carbons (Fsp3) is 0.500. The van der Waals surface area contributed by atoms with E-state index in [0.717, 1.165) is 0 Å². The first-order valence-corrected chi connectivity index (χ1v) is 3.65. The van der Waals surface area contributed by atoms with E-state index < -0.39 is 0 Å². The third kappa shape index (κ3) is 2.01. The minimum absolute atomic E-state index is 0.209. The summed E-state index contributed by atoms with van der Waals surface area (Å²) in [7, 11) is 0. The Kier molecular flexibility index (Phi) is 2.05. The van der Waals surface area contributed by atoms with Gasteiger partial charge in [-0.05, 0) is 13.8 Å². The van der Waals surface area contributed by atoms with Crippen molar-refractivity contribution in [3.05, 3.63) is 10.9 Å². The van der Waals surface area contributed by atoms with Gasteiger partial charge in [-0.1, -0.05) is 0 Å². The van der Waals surface area contributed by atoms with Gasteiger partial charge in [0.15, 0.2) is 5.51 Å². The average molecular weight is 142 g/mol. The lowest BCUT2D eigenvalue weighted by atomic mass is 10.5. The number of aromatic nitrogens is 1. The Morgan fingerprint density at radius 1 is 1.78 bits per heavy atom. The smallest absolute Gasteiger partial charge is 0.225 e. The van der Waals surface area contributed by atoms with Crippen LogP contribution in [0.2, 0.25) is 0 Å². The summed E-state index contributed by atoms with van der Waals surface area (Å²) >= 11 is 1.42. The van der Waals surface area contributed by atoms with Crippen LogP contribution in [0.3, 0.4) is 0 Å². The predicted molar refractivity (Wildman–Crippen MR) is 36.7 cm³/mol. The van der Waals surface area contributed by atoms with E-state index in [1.165, 1.54) is 11.3 Å². The highest BCUT2D eigenvalue weighted by Gasteiger charge is 1.96. The second kappa shape index (κ2) is 2.82. The molecule has 49 valence electrons. The van der Waals surface area contributed by atoms with E-state index in [0.29, 0.717) is 5.88 Å². The van der Waals surface area contributed by atoms with Crippen LogP contribution in [0.15, 0.2) is 5.38 Å². The number of hydrogen-bond donors (Lipinski definition) is 0. The standard InChI is InChI=1S/C6H8NOS/c1-5(2)8-6-3-9-4-7-6/h3,5H,1-2H3. The summed E-state index contributed by atoms with van der Waals surface area (Å²) in [4.78, 5) is 3.83. The Bertz CT molecular complexity index is 160. The molecule has 0 saturated heterocycles. The van der Waals surface area contributed by atoms with Gasteiger partial charge in [-0.25, -0.2) is 0 Å². The molecule has 0 aliphatic carbocycles. The van der Waals surface area contributed by atoms with Crippen molar-refractivity contribution in [2.24, 2.45) is 0 Å². The summed E-state index contributed by atoms with van der Waals surface area (Å²) in [5.41, 5.74) is 2.70. The van der Waals surface area contributed by atoms with Crippen molar-refractivity contribution in [1.29, 1.82) is 0 Å². The fourth-order valence-electron chi connectivity index (χ4n) is 0.470. The largest absolute Gasteiger partial charge is 0.474 e. The van der Waals surface area contributed by atoms with Crippen molar-refractivity contribution >= 4 is 11.3 Å². The first-order valence-electron chi connectivity index (χ1n) is 2.77. The Morgan fingerprint density at radius 2 is 2.56 bits per heavy atom. The maximum atomic E-state index is 5.22. The van der Waals surface area contributed by atoms with Gasteiger partial charge in [0.2, 0.25) is 5.88 Å². The molecule has 1 aromatic heterocycles. The Labute approximate surface area is 58.5 Å². The van der Waals surface area contributed by atoms with Crippen LogP contribution in [0.4, 0.5) is 0 Å². The summed E-state index contributed by atoms with van der Waals surface area (Å²) in [6.45, 7) is 3.94. The van der Waals surface area contributed by atoms with Crippen molar-refractivity contribution < 1.29 is 4.74 Å². The number of nitrogens with zero attached hydrogens (tertiary/aromatic N) is 1. The van der Waals surface area contributed by atoms with E-state index in [-0.39, 0.29) is 6.10 Å². The first kappa shape index (κ1) is 6.55. The van der Waals surface area contributed by atoms with E-state index >= 15 is 0 Å². The van der Waals surface area contributed by atoms with Crippen molar-refractivity contribution in [2.45, 2.75) is 20.0 Å². The van der Waals surface area contributed by atoms with Crippen LogP contribution in [0, 0.1) is 5.51 Å². The lowest BCUT2D eigenvalue weighted by molar-refractivity contribution is 0.234. The van der Waals surface area contributed by atoms with Gasteiger partial charge in [0, 0.05) is 0 Å². The van der Waals surface area contributed by atoms with Crippen molar-refractivity contribution in [3.8, 4) is 5.88 Å². The van der Waals surface area contributed by atoms with Crippen molar-refractivity contribution in [3.63, 3.8) is 0 Å². The van der Waals surface area contributed by atoms with Gasteiger partial charge < -0.3 is 4.74 Å². The molecule has 0 unspecified atom stereocenters. The van der Waals surface area contributed by atoms with Gasteiger partial charge >= 0.3 is 0 Å². The third-order valence-electron chi connectivity index (χ3n) is 0.725. The monoisotopic (exact) mass is 142 g/mol. The summed E-state index contributed by atoms with van der Waals surface area (Å²) in [5, 5.41) is 1.83. The highest BCUT2D eigenvalue weighted by Crippen LogP contribution is 2.10. The predicted octanol–water partition coefficient (Wildman–Crippen LogP) is 1.73. The van der Waals surface area contributed by atoms with Gasteiger partial charge in [-0.15, -0.1) is 11.3 Å². The zero-order valence-corrected chi connectivity index (χ0v) is 6.23. The molecule has 0 saturated carbocycles. The third-order valence-corrected chi connectivity index (χ3v) is 1.24. The van der Waals surface area contributed by atoms with Crippen LogP contribution >= 0.6 is 11.3 Å². The normalized spacial score (nSPS) is 10.1. The van der Waals surface area contributed by atoms with Crippen molar-refractivity contribution in [1.82, 2.24) is 4.98 Å². The van der Waals surface area contributed by atoms with E-state index in [2.05, 4.69) is 10.5 Å². The summed E-state index contributed by atoms with van der Waals surface area (Å²) < 4.78 is 5.22. The molecule has 0 N–H and O–H groups in total. The van der Waals surface area contributed by atoms with Crippen LogP contribution in [-0.4, -0.2) is 11.1 Å². The molecule has 0 bridgehead atoms. The molecule has 0 aliphatic rings. The molecule has 1 heterocycles. The first-order chi connectivity index (χ1) is 4.29. The maximum Gasteiger partial charge on any atom is 0.225 e. The van der Waals surface area contributed by atoms with Crippen molar-refractivity contribution in [2.75, 3.05) is 0 Å². The van der Waals surface area contributed by atoms with E-state index in [9.17, 15) is 0 Å². The molecule has 1 rings (SSSR count). The summed E-state index contributed by atoms with van der Waals surface area (Å²) in [5.74, 6) is 0.676. The Balaban J connectivity index is 2.48. The van der Waals surface area contributed by atoms with Gasteiger partial charge in [0.25, 0.3) is 0 Å². The summed E-state index contributed by atoms with van der Waals surface area (Å²) in [6.07, 6.45) is 0.209. The summed E-state index contributed by atoms with van der Waals surface area (Å²) in [6, 6.07) is 0. The highest BCUT2D eigenvalue weighted by atomic mass is 32.1. The molecule has 3 heteroatoms. The lowest BCUT2D eigenvalue weighted by Gasteiger charge is -2.03. The quantitative estimate of drug-likeness (QED) is 0.627. The van der Waals surface area contributed by atoms with Gasteiger partial charge in [-0.3, -0.25) is 0 Å². The van der Waals surface area contributed by atoms with Crippen LogP contribution < -0.4 is 4.74 Å². The topological polar surface area (TPSA) is 22.1 Å². The van der Waals surface area contributed by atoms with E-state index in [4.69, 9.17) is 4.74 Å². The van der Waals surface area contributed by atoms with Crippen LogP contribution in [0.25, 0.3) is 0 Å². The minimum Gasteiger partial charge on any atom is -0.474 e. The lowest BCUT2D eigenvalue weighted by Crippen LogP contribution is -2.05. The SMILES string of the molecule is CC(C)Oc1cs[c]n1. The molecule has 0 aliphatic heterocycles. The Morgan fingerprint density at radius 3 is 3.00 bits per heavy atom. The molecular formula is C6H8NOS. The molecule has 1 radical (unpaired) electrons. The number of rotatable bonds is 2. The molecule has 0 aromatic carbocycles. The second-order valence-electron chi connectivity index (χ2n) is 1.94.